The number of aliphatic hydroxyl groups excluding tert-OH is 3. The van der Waals surface area contributed by atoms with Gasteiger partial charge in [0.2, 0.25) is 0 Å². The molecule has 0 fully saturated rings. The van der Waals surface area contributed by atoms with Crippen LogP contribution in [0, 0.1) is 6.92 Å². The van der Waals surface area contributed by atoms with Gasteiger partial charge in [-0.15, -0.1) is 12.4 Å². The van der Waals surface area contributed by atoms with E-state index in [1.165, 1.54) is 6.20 Å². The number of nitrogens with zero attached hydrogens (tertiary/aromatic N) is 1. The highest BCUT2D eigenvalue weighted by Crippen LogP contribution is 2.17. The molecule has 0 atom stereocenters. The molecule has 0 bridgehead atoms. The monoisotopic (exact) mass is 219 g/mol. The summed E-state index contributed by atoms with van der Waals surface area (Å²) < 4.78 is 0. The first-order chi connectivity index (χ1) is 6.24. The summed E-state index contributed by atoms with van der Waals surface area (Å²) in [5.74, 6) is 0. The zero-order chi connectivity index (χ0) is 9.84. The normalized spacial score (nSPS) is 9.71. The summed E-state index contributed by atoms with van der Waals surface area (Å²) >= 11 is 0. The first-order valence-electron chi connectivity index (χ1n) is 4.03. The molecule has 0 saturated carbocycles. The predicted octanol–water partition coefficient (Wildman–Crippen LogP) is 0.289. The third kappa shape index (κ3) is 2.42. The van der Waals surface area contributed by atoms with Crippen LogP contribution in [-0.4, -0.2) is 20.3 Å². The number of aryl methyl sites for hydroxylation is 1. The standard InChI is InChI=1S/C9H13NO3.ClH/c1-6-8(4-12)9(5-13)7(3-11)2-10-6;/h2,11-13H,3-5H2,1H3;1H. The van der Waals surface area contributed by atoms with E-state index in [2.05, 4.69) is 4.98 Å². The molecular formula is C9H14ClNO3. The van der Waals surface area contributed by atoms with Crippen molar-refractivity contribution in [3.05, 3.63) is 28.6 Å². The minimum Gasteiger partial charge on any atom is -0.392 e. The smallest absolute Gasteiger partial charge is 0.0703 e. The lowest BCUT2D eigenvalue weighted by molar-refractivity contribution is 0.246. The zero-order valence-electron chi connectivity index (χ0n) is 7.90. The number of hydrogen-bond acceptors (Lipinski definition) is 4. The van der Waals surface area contributed by atoms with E-state index in [1.807, 2.05) is 0 Å². The minimum absolute atomic E-state index is 0. The van der Waals surface area contributed by atoms with Crippen LogP contribution in [0.4, 0.5) is 0 Å². The number of pyridine rings is 1. The molecule has 1 rings (SSSR count). The van der Waals surface area contributed by atoms with Gasteiger partial charge in [-0.2, -0.15) is 0 Å². The summed E-state index contributed by atoms with van der Waals surface area (Å²) in [6, 6.07) is 0. The highest BCUT2D eigenvalue weighted by Gasteiger charge is 2.09. The van der Waals surface area contributed by atoms with Crippen LogP contribution >= 0.6 is 12.4 Å². The van der Waals surface area contributed by atoms with Crippen molar-refractivity contribution < 1.29 is 15.3 Å². The van der Waals surface area contributed by atoms with Gasteiger partial charge >= 0.3 is 0 Å². The molecule has 1 aromatic heterocycles. The van der Waals surface area contributed by atoms with Crippen molar-refractivity contribution in [2.24, 2.45) is 0 Å². The molecule has 1 aromatic rings. The topological polar surface area (TPSA) is 73.6 Å². The molecule has 3 N–H and O–H groups in total. The lowest BCUT2D eigenvalue weighted by Gasteiger charge is -2.11. The molecule has 0 aliphatic rings. The van der Waals surface area contributed by atoms with Gasteiger partial charge in [-0.1, -0.05) is 0 Å². The summed E-state index contributed by atoms with van der Waals surface area (Å²) in [5, 5.41) is 27.0. The van der Waals surface area contributed by atoms with Crippen LogP contribution < -0.4 is 0 Å². The van der Waals surface area contributed by atoms with Crippen LogP contribution in [0.25, 0.3) is 0 Å². The van der Waals surface area contributed by atoms with E-state index in [4.69, 9.17) is 15.3 Å². The maximum absolute atomic E-state index is 9.04. The zero-order valence-corrected chi connectivity index (χ0v) is 8.71. The highest BCUT2D eigenvalue weighted by molar-refractivity contribution is 5.85. The Hall–Kier alpha value is -0.680. The van der Waals surface area contributed by atoms with Crippen molar-refractivity contribution in [2.45, 2.75) is 26.7 Å². The maximum Gasteiger partial charge on any atom is 0.0703 e. The second kappa shape index (κ2) is 5.93. The Morgan fingerprint density at radius 3 is 2.07 bits per heavy atom. The third-order valence-electron chi connectivity index (χ3n) is 2.09. The molecule has 0 unspecified atom stereocenters. The fourth-order valence-electron chi connectivity index (χ4n) is 1.29. The Morgan fingerprint density at radius 2 is 1.64 bits per heavy atom. The van der Waals surface area contributed by atoms with Gasteiger partial charge in [0.05, 0.1) is 19.8 Å². The largest absolute Gasteiger partial charge is 0.392 e. The van der Waals surface area contributed by atoms with Crippen LogP contribution in [0.2, 0.25) is 0 Å². The molecule has 0 aliphatic heterocycles. The summed E-state index contributed by atoms with van der Waals surface area (Å²) in [5.41, 5.74) is 2.44. The van der Waals surface area contributed by atoms with Crippen LogP contribution in [-0.2, 0) is 19.8 Å². The number of rotatable bonds is 3. The molecule has 4 nitrogen and oxygen atoms in total. The van der Waals surface area contributed by atoms with E-state index in [1.54, 1.807) is 6.92 Å². The Balaban J connectivity index is 0.00000169. The average Bonchev–Trinajstić information content (AvgIpc) is 2.17. The molecule has 0 spiro atoms. The molecule has 80 valence electrons. The highest BCUT2D eigenvalue weighted by atomic mass is 35.5. The average molecular weight is 220 g/mol. The van der Waals surface area contributed by atoms with Gasteiger partial charge in [0.1, 0.15) is 0 Å². The lowest BCUT2D eigenvalue weighted by Crippen LogP contribution is -2.05. The molecule has 0 amide bonds. The fourth-order valence-corrected chi connectivity index (χ4v) is 1.29. The van der Waals surface area contributed by atoms with Gasteiger partial charge in [-0.3, -0.25) is 4.98 Å². The van der Waals surface area contributed by atoms with Crippen molar-refractivity contribution in [1.29, 1.82) is 0 Å². The molecule has 14 heavy (non-hydrogen) atoms. The van der Waals surface area contributed by atoms with E-state index in [0.29, 0.717) is 22.4 Å². The minimum atomic E-state index is -0.185. The van der Waals surface area contributed by atoms with E-state index >= 15 is 0 Å². The lowest BCUT2D eigenvalue weighted by atomic mass is 10.0. The second-order valence-electron chi connectivity index (χ2n) is 2.80. The van der Waals surface area contributed by atoms with Crippen molar-refractivity contribution in [2.75, 3.05) is 0 Å². The quantitative estimate of drug-likeness (QED) is 0.683. The number of aromatic nitrogens is 1. The predicted molar refractivity (Wildman–Crippen MR) is 54.0 cm³/mol. The molecular weight excluding hydrogens is 206 g/mol. The van der Waals surface area contributed by atoms with E-state index in [0.717, 1.165) is 0 Å². The molecule has 0 aliphatic carbocycles. The molecule has 1 heterocycles. The van der Waals surface area contributed by atoms with Crippen LogP contribution in [0.1, 0.15) is 22.4 Å². The summed E-state index contributed by atoms with van der Waals surface area (Å²) in [4.78, 5) is 4.00. The first-order valence-corrected chi connectivity index (χ1v) is 4.03. The summed E-state index contributed by atoms with van der Waals surface area (Å²) in [6.07, 6.45) is 1.51. The van der Waals surface area contributed by atoms with Gasteiger partial charge in [0.15, 0.2) is 0 Å². The van der Waals surface area contributed by atoms with Gasteiger partial charge < -0.3 is 15.3 Å². The second-order valence-corrected chi connectivity index (χ2v) is 2.80. The molecule has 0 saturated heterocycles. The summed E-state index contributed by atoms with van der Waals surface area (Å²) in [7, 11) is 0. The number of halogens is 1. The fraction of sp³-hybridized carbons (Fsp3) is 0.444. The van der Waals surface area contributed by atoms with Gasteiger partial charge in [-0.05, 0) is 12.5 Å². The van der Waals surface area contributed by atoms with Crippen LogP contribution in [0.3, 0.4) is 0 Å². The maximum atomic E-state index is 9.04. The number of aliphatic hydroxyl groups is 3. The van der Waals surface area contributed by atoms with Gasteiger partial charge in [0.25, 0.3) is 0 Å². The molecule has 0 aromatic carbocycles. The van der Waals surface area contributed by atoms with Gasteiger partial charge in [-0.25, -0.2) is 0 Å². The van der Waals surface area contributed by atoms with Crippen molar-refractivity contribution in [3.63, 3.8) is 0 Å². The van der Waals surface area contributed by atoms with Crippen molar-refractivity contribution >= 4 is 12.4 Å². The molecule has 5 heteroatoms. The van der Waals surface area contributed by atoms with E-state index in [9.17, 15) is 0 Å². The van der Waals surface area contributed by atoms with Crippen LogP contribution in [0.15, 0.2) is 6.20 Å². The Bertz CT molecular complexity index is 304. The van der Waals surface area contributed by atoms with Crippen molar-refractivity contribution in [3.8, 4) is 0 Å². The third-order valence-corrected chi connectivity index (χ3v) is 2.09. The molecule has 0 radical (unpaired) electrons. The van der Waals surface area contributed by atoms with E-state index < -0.39 is 0 Å². The van der Waals surface area contributed by atoms with Crippen molar-refractivity contribution in [1.82, 2.24) is 4.98 Å². The van der Waals surface area contributed by atoms with Crippen LogP contribution in [0.5, 0.6) is 0 Å². The Kier molecular flexibility index (Phi) is 5.64. The van der Waals surface area contributed by atoms with Gasteiger partial charge in [0, 0.05) is 23.0 Å². The Morgan fingerprint density at radius 1 is 1.07 bits per heavy atom. The Labute approximate surface area is 88.6 Å². The summed E-state index contributed by atoms with van der Waals surface area (Å²) in [6.45, 7) is 1.24. The first kappa shape index (κ1) is 13.3. The SMILES string of the molecule is Cc1ncc(CO)c(CO)c1CO.Cl. The van der Waals surface area contributed by atoms with E-state index in [-0.39, 0.29) is 32.2 Å². The number of hydrogen-bond donors (Lipinski definition) is 3.